The minimum absolute atomic E-state index is 0.0288. The van der Waals surface area contributed by atoms with E-state index < -0.39 is 23.3 Å². The molecule has 0 aromatic carbocycles. The van der Waals surface area contributed by atoms with E-state index in [2.05, 4.69) is 17.6 Å². The molecule has 0 unspecified atom stereocenters. The Labute approximate surface area is 124 Å². The predicted octanol–water partition coefficient (Wildman–Crippen LogP) is 1.13. The molecule has 0 bridgehead atoms. The zero-order valence-electron chi connectivity index (χ0n) is 12.8. The molecule has 21 heavy (non-hydrogen) atoms. The van der Waals surface area contributed by atoms with E-state index in [1.165, 1.54) is 13.8 Å². The third-order valence-electron chi connectivity index (χ3n) is 3.81. The first kappa shape index (κ1) is 17.4. The number of aliphatic carboxylic acids is 1. The maximum Gasteiger partial charge on any atom is 0.321 e. The highest BCUT2D eigenvalue weighted by atomic mass is 16.5. The van der Waals surface area contributed by atoms with Crippen molar-refractivity contribution >= 4 is 17.9 Å². The highest BCUT2D eigenvalue weighted by Gasteiger charge is 2.31. The van der Waals surface area contributed by atoms with Gasteiger partial charge in [0, 0.05) is 26.2 Å². The average Bonchev–Trinajstić information content (AvgIpc) is 2.36. The summed E-state index contributed by atoms with van der Waals surface area (Å²) in [6, 6.07) is -0.589. The lowest BCUT2D eigenvalue weighted by molar-refractivity contribution is -0.149. The van der Waals surface area contributed by atoms with E-state index in [9.17, 15) is 14.4 Å². The smallest absolute Gasteiger partial charge is 0.321 e. The van der Waals surface area contributed by atoms with E-state index in [1.807, 2.05) is 0 Å². The molecule has 1 saturated heterocycles. The molecule has 0 aromatic heterocycles. The Hall–Kier alpha value is -1.63. The maximum absolute atomic E-state index is 11.7. The van der Waals surface area contributed by atoms with Crippen LogP contribution in [0.2, 0.25) is 0 Å². The molecule has 0 atom stereocenters. The lowest BCUT2D eigenvalue weighted by atomic mass is 9.82. The third-order valence-corrected chi connectivity index (χ3v) is 3.81. The molecule has 0 radical (unpaired) electrons. The molecule has 0 aliphatic carbocycles. The first-order valence-corrected chi connectivity index (χ1v) is 7.03. The van der Waals surface area contributed by atoms with Crippen molar-refractivity contribution < 1.29 is 24.2 Å². The lowest BCUT2D eigenvalue weighted by Gasteiger charge is -2.33. The highest BCUT2D eigenvalue weighted by Crippen LogP contribution is 2.28. The molecule has 3 amide bonds. The van der Waals surface area contributed by atoms with Crippen LogP contribution in [0, 0.1) is 10.8 Å². The Morgan fingerprint density at radius 2 is 1.81 bits per heavy atom. The largest absolute Gasteiger partial charge is 0.481 e. The fourth-order valence-electron chi connectivity index (χ4n) is 2.03. The molecule has 3 N–H and O–H groups in total. The first-order chi connectivity index (χ1) is 9.65. The molecule has 1 aliphatic rings. The molecule has 0 saturated carbocycles. The molecule has 1 rings (SSSR count). The number of carbonyl (C=O) groups excluding carboxylic acids is 2. The molecule has 7 nitrogen and oxygen atoms in total. The Kier molecular flexibility index (Phi) is 5.71. The molecule has 1 heterocycles. The van der Waals surface area contributed by atoms with E-state index in [1.54, 1.807) is 0 Å². The van der Waals surface area contributed by atoms with Gasteiger partial charge in [0.2, 0.25) is 5.91 Å². The zero-order chi connectivity index (χ0) is 16.1. The van der Waals surface area contributed by atoms with Crippen LogP contribution in [0.4, 0.5) is 4.79 Å². The van der Waals surface area contributed by atoms with Crippen LogP contribution < -0.4 is 10.6 Å². The van der Waals surface area contributed by atoms with Gasteiger partial charge in [-0.1, -0.05) is 6.92 Å². The van der Waals surface area contributed by atoms with Gasteiger partial charge in [0.1, 0.15) is 0 Å². The molecule has 0 spiro atoms. The quantitative estimate of drug-likeness (QED) is 0.706. The van der Waals surface area contributed by atoms with Crippen molar-refractivity contribution in [2.75, 3.05) is 19.8 Å². The minimum atomic E-state index is -1.20. The van der Waals surface area contributed by atoms with E-state index in [0.717, 1.165) is 12.8 Å². The molecule has 7 heteroatoms. The average molecular weight is 300 g/mol. The highest BCUT2D eigenvalue weighted by molar-refractivity contribution is 5.96. The van der Waals surface area contributed by atoms with Gasteiger partial charge < -0.3 is 15.2 Å². The van der Waals surface area contributed by atoms with Gasteiger partial charge in [-0.15, -0.1) is 0 Å². The summed E-state index contributed by atoms with van der Waals surface area (Å²) in [5.41, 5.74) is -1.23. The molecule has 0 aromatic rings. The third kappa shape index (κ3) is 5.71. The summed E-state index contributed by atoms with van der Waals surface area (Å²) in [6.45, 7) is 6.74. The van der Waals surface area contributed by atoms with Gasteiger partial charge >= 0.3 is 12.0 Å². The number of carboxylic acids is 1. The Balaban J connectivity index is 2.36. The predicted molar refractivity (Wildman–Crippen MR) is 75.7 cm³/mol. The standard InChI is InChI=1S/C14H24N2O5/c1-13(2,11(18)19)8-10(17)16-12(20)15-9-14(3)4-6-21-7-5-14/h4-9H2,1-3H3,(H,18,19)(H2,15,16,17,20). The number of rotatable bonds is 5. The molecular weight excluding hydrogens is 276 g/mol. The first-order valence-electron chi connectivity index (χ1n) is 7.03. The summed E-state index contributed by atoms with van der Waals surface area (Å²) in [4.78, 5) is 34.2. The fourth-order valence-corrected chi connectivity index (χ4v) is 2.03. The zero-order valence-corrected chi connectivity index (χ0v) is 12.8. The van der Waals surface area contributed by atoms with Crippen molar-refractivity contribution in [2.24, 2.45) is 10.8 Å². The van der Waals surface area contributed by atoms with Crippen molar-refractivity contribution in [1.29, 1.82) is 0 Å². The number of hydrogen-bond donors (Lipinski definition) is 3. The van der Waals surface area contributed by atoms with Gasteiger partial charge in [-0.2, -0.15) is 0 Å². The number of urea groups is 1. The summed E-state index contributed by atoms with van der Waals surface area (Å²) in [6.07, 6.45) is 1.46. The number of hydrogen-bond acceptors (Lipinski definition) is 4. The topological polar surface area (TPSA) is 105 Å². The summed E-state index contributed by atoms with van der Waals surface area (Å²) >= 11 is 0. The van der Waals surface area contributed by atoms with Crippen LogP contribution in [0.1, 0.15) is 40.0 Å². The Bertz CT molecular complexity index is 414. The Morgan fingerprint density at radius 3 is 2.33 bits per heavy atom. The van der Waals surface area contributed by atoms with Crippen molar-refractivity contribution in [3.05, 3.63) is 0 Å². The molecular formula is C14H24N2O5. The van der Waals surface area contributed by atoms with Crippen molar-refractivity contribution in [3.8, 4) is 0 Å². The summed E-state index contributed by atoms with van der Waals surface area (Å²) < 4.78 is 5.28. The van der Waals surface area contributed by atoms with Crippen LogP contribution >= 0.6 is 0 Å². The summed E-state index contributed by atoms with van der Waals surface area (Å²) in [5, 5.41) is 13.8. The lowest BCUT2D eigenvalue weighted by Crippen LogP contribution is -2.46. The monoisotopic (exact) mass is 300 g/mol. The van der Waals surface area contributed by atoms with Crippen LogP contribution in [0.3, 0.4) is 0 Å². The van der Waals surface area contributed by atoms with E-state index in [4.69, 9.17) is 9.84 Å². The second kappa shape index (κ2) is 6.89. The van der Waals surface area contributed by atoms with Gasteiger partial charge in [-0.25, -0.2) is 4.79 Å². The number of amides is 3. The summed E-state index contributed by atoms with van der Waals surface area (Å²) in [7, 11) is 0. The second-order valence-electron chi connectivity index (χ2n) is 6.52. The number of nitrogens with one attached hydrogen (secondary N) is 2. The maximum atomic E-state index is 11.7. The number of ether oxygens (including phenoxy) is 1. The van der Waals surface area contributed by atoms with Crippen molar-refractivity contribution in [1.82, 2.24) is 10.6 Å². The Morgan fingerprint density at radius 1 is 1.24 bits per heavy atom. The number of carboxylic acid groups (broad SMARTS) is 1. The van der Waals surface area contributed by atoms with Crippen LogP contribution in [0.25, 0.3) is 0 Å². The van der Waals surface area contributed by atoms with Crippen molar-refractivity contribution in [2.45, 2.75) is 40.0 Å². The van der Waals surface area contributed by atoms with Gasteiger partial charge in [-0.05, 0) is 32.1 Å². The summed E-state index contributed by atoms with van der Waals surface area (Å²) in [5.74, 6) is -1.68. The molecule has 1 aliphatic heterocycles. The van der Waals surface area contributed by atoms with E-state index in [0.29, 0.717) is 19.8 Å². The van der Waals surface area contributed by atoms with Crippen LogP contribution in [0.15, 0.2) is 0 Å². The number of carbonyl (C=O) groups is 3. The normalized spacial score (nSPS) is 17.9. The van der Waals surface area contributed by atoms with Gasteiger partial charge in [0.15, 0.2) is 0 Å². The minimum Gasteiger partial charge on any atom is -0.481 e. The van der Waals surface area contributed by atoms with Crippen LogP contribution in [0.5, 0.6) is 0 Å². The van der Waals surface area contributed by atoms with Gasteiger partial charge in [0.05, 0.1) is 5.41 Å². The van der Waals surface area contributed by atoms with Crippen LogP contribution in [-0.4, -0.2) is 42.8 Å². The van der Waals surface area contributed by atoms with Gasteiger partial charge in [0.25, 0.3) is 0 Å². The van der Waals surface area contributed by atoms with Crippen LogP contribution in [-0.2, 0) is 14.3 Å². The SMILES string of the molecule is CC1(CNC(=O)NC(=O)CC(C)(C)C(=O)O)CCOCC1. The van der Waals surface area contributed by atoms with Gasteiger partial charge in [-0.3, -0.25) is 14.9 Å². The fraction of sp³-hybridized carbons (Fsp3) is 0.786. The number of imide groups is 1. The second-order valence-corrected chi connectivity index (χ2v) is 6.52. The molecule has 120 valence electrons. The van der Waals surface area contributed by atoms with Crippen molar-refractivity contribution in [3.63, 3.8) is 0 Å². The van der Waals surface area contributed by atoms with E-state index >= 15 is 0 Å². The van der Waals surface area contributed by atoms with E-state index in [-0.39, 0.29) is 11.8 Å². The molecule has 1 fully saturated rings.